The van der Waals surface area contributed by atoms with Crippen molar-refractivity contribution >= 4 is 11.6 Å². The standard InChI is InChI=1S/C21H18O4/c1-21(24-2)12-16(13-8-4-3-5-9-13)17-18(22)14-10-6-7-11-15(14)19(23)20(17)25-21/h3-11,16H,12H2,1-2H3. The second-order valence-electron chi connectivity index (χ2n) is 6.55. The molecule has 0 spiro atoms. The average Bonchev–Trinajstić information content (AvgIpc) is 2.66. The van der Waals surface area contributed by atoms with Crippen molar-refractivity contribution < 1.29 is 19.1 Å². The van der Waals surface area contributed by atoms with Crippen molar-refractivity contribution in [1.29, 1.82) is 0 Å². The third-order valence-electron chi connectivity index (χ3n) is 4.99. The van der Waals surface area contributed by atoms with Crippen LogP contribution in [-0.4, -0.2) is 24.5 Å². The molecule has 0 saturated heterocycles. The van der Waals surface area contributed by atoms with Crippen molar-refractivity contribution in [2.45, 2.75) is 25.0 Å². The van der Waals surface area contributed by atoms with Crippen LogP contribution in [0.1, 0.15) is 45.5 Å². The molecule has 0 aromatic heterocycles. The summed E-state index contributed by atoms with van der Waals surface area (Å²) in [6, 6.07) is 16.6. The van der Waals surface area contributed by atoms with E-state index >= 15 is 0 Å². The van der Waals surface area contributed by atoms with Gasteiger partial charge < -0.3 is 9.47 Å². The van der Waals surface area contributed by atoms with Gasteiger partial charge in [0.1, 0.15) is 0 Å². The fourth-order valence-electron chi connectivity index (χ4n) is 3.62. The van der Waals surface area contributed by atoms with E-state index in [9.17, 15) is 9.59 Å². The van der Waals surface area contributed by atoms with Gasteiger partial charge in [-0.3, -0.25) is 9.59 Å². The molecule has 0 fully saturated rings. The molecule has 2 unspecified atom stereocenters. The zero-order valence-electron chi connectivity index (χ0n) is 14.1. The highest BCUT2D eigenvalue weighted by atomic mass is 16.7. The van der Waals surface area contributed by atoms with Gasteiger partial charge in [0.05, 0.1) is 5.57 Å². The van der Waals surface area contributed by atoms with Crippen LogP contribution in [0, 0.1) is 0 Å². The van der Waals surface area contributed by atoms with Crippen molar-refractivity contribution in [2.75, 3.05) is 7.11 Å². The third-order valence-corrected chi connectivity index (χ3v) is 4.99. The lowest BCUT2D eigenvalue weighted by molar-refractivity contribution is -0.196. The summed E-state index contributed by atoms with van der Waals surface area (Å²) in [5, 5.41) is 0. The monoisotopic (exact) mass is 334 g/mol. The Morgan fingerprint density at radius 3 is 2.20 bits per heavy atom. The molecule has 2 aliphatic rings. The second-order valence-corrected chi connectivity index (χ2v) is 6.55. The smallest absolute Gasteiger partial charge is 0.228 e. The lowest BCUT2D eigenvalue weighted by Gasteiger charge is -2.40. The maximum atomic E-state index is 13.1. The second kappa shape index (κ2) is 5.67. The summed E-state index contributed by atoms with van der Waals surface area (Å²) in [6.45, 7) is 1.80. The Morgan fingerprint density at radius 2 is 1.56 bits per heavy atom. The van der Waals surface area contributed by atoms with Crippen LogP contribution in [-0.2, 0) is 9.47 Å². The minimum Gasteiger partial charge on any atom is -0.458 e. The van der Waals surface area contributed by atoms with E-state index in [2.05, 4.69) is 0 Å². The highest BCUT2D eigenvalue weighted by Crippen LogP contribution is 2.46. The van der Waals surface area contributed by atoms with Crippen LogP contribution in [0.4, 0.5) is 0 Å². The molecule has 4 heteroatoms. The first-order valence-corrected chi connectivity index (χ1v) is 8.26. The first kappa shape index (κ1) is 15.8. The maximum absolute atomic E-state index is 13.1. The number of allylic oxidation sites excluding steroid dienone is 2. The number of hydrogen-bond donors (Lipinski definition) is 0. The van der Waals surface area contributed by atoms with E-state index in [4.69, 9.17) is 9.47 Å². The minimum atomic E-state index is -0.957. The number of carbonyl (C=O) groups excluding carboxylic acids is 2. The summed E-state index contributed by atoms with van der Waals surface area (Å²) in [4.78, 5) is 26.1. The van der Waals surface area contributed by atoms with Gasteiger partial charge in [0, 0.05) is 37.5 Å². The molecule has 4 nitrogen and oxygen atoms in total. The molecule has 1 aliphatic heterocycles. The highest BCUT2D eigenvalue weighted by Gasteiger charge is 2.47. The molecule has 2 atom stereocenters. The van der Waals surface area contributed by atoms with E-state index in [1.807, 2.05) is 30.3 Å². The van der Waals surface area contributed by atoms with Crippen molar-refractivity contribution in [2.24, 2.45) is 0 Å². The maximum Gasteiger partial charge on any atom is 0.228 e. The van der Waals surface area contributed by atoms with Crippen LogP contribution in [0.2, 0.25) is 0 Å². The predicted molar refractivity (Wildman–Crippen MR) is 92.4 cm³/mol. The van der Waals surface area contributed by atoms with E-state index < -0.39 is 5.79 Å². The van der Waals surface area contributed by atoms with Crippen LogP contribution in [0.25, 0.3) is 0 Å². The van der Waals surface area contributed by atoms with Crippen molar-refractivity contribution in [1.82, 2.24) is 0 Å². The van der Waals surface area contributed by atoms with Gasteiger partial charge in [0.15, 0.2) is 11.5 Å². The topological polar surface area (TPSA) is 52.6 Å². The quantitative estimate of drug-likeness (QED) is 0.836. The number of rotatable bonds is 2. The number of hydrogen-bond acceptors (Lipinski definition) is 4. The lowest BCUT2D eigenvalue weighted by Crippen LogP contribution is -2.42. The molecule has 4 rings (SSSR count). The number of carbonyl (C=O) groups is 2. The van der Waals surface area contributed by atoms with E-state index in [1.54, 1.807) is 38.3 Å². The first-order valence-electron chi connectivity index (χ1n) is 8.26. The summed E-state index contributed by atoms with van der Waals surface area (Å²) in [6.07, 6.45) is 0.466. The van der Waals surface area contributed by atoms with Crippen LogP contribution in [0.5, 0.6) is 0 Å². The normalized spacial score (nSPS) is 25.3. The Labute approximate surface area is 146 Å². The Morgan fingerprint density at radius 1 is 0.960 bits per heavy atom. The van der Waals surface area contributed by atoms with Gasteiger partial charge >= 0.3 is 0 Å². The molecule has 1 aliphatic carbocycles. The Hall–Kier alpha value is -2.72. The first-order chi connectivity index (χ1) is 12.0. The molecule has 25 heavy (non-hydrogen) atoms. The molecular weight excluding hydrogens is 316 g/mol. The molecule has 0 bridgehead atoms. The van der Waals surface area contributed by atoms with E-state index in [-0.39, 0.29) is 23.2 Å². The van der Waals surface area contributed by atoms with E-state index in [0.717, 1.165) is 5.56 Å². The van der Waals surface area contributed by atoms with Gasteiger partial charge in [0.2, 0.25) is 11.6 Å². The SMILES string of the molecule is COC1(C)CC(c2ccccc2)C2=C(O1)C(=O)c1ccccc1C2=O. The fourth-order valence-corrected chi connectivity index (χ4v) is 3.62. The van der Waals surface area contributed by atoms with Crippen molar-refractivity contribution in [3.63, 3.8) is 0 Å². The van der Waals surface area contributed by atoms with Crippen molar-refractivity contribution in [3.8, 4) is 0 Å². The predicted octanol–water partition coefficient (Wildman–Crippen LogP) is 3.89. The largest absolute Gasteiger partial charge is 0.458 e. The average molecular weight is 334 g/mol. The summed E-state index contributed by atoms with van der Waals surface area (Å²) >= 11 is 0. The van der Waals surface area contributed by atoms with E-state index in [0.29, 0.717) is 23.1 Å². The highest BCUT2D eigenvalue weighted by molar-refractivity contribution is 6.26. The Kier molecular flexibility index (Phi) is 3.58. The van der Waals surface area contributed by atoms with Gasteiger partial charge in [-0.05, 0) is 5.56 Å². The summed E-state index contributed by atoms with van der Waals surface area (Å²) in [5.74, 6) is -1.49. The number of Topliss-reactive ketones (excluding diaryl/α,β-unsaturated/α-hetero) is 2. The number of benzene rings is 2. The summed E-state index contributed by atoms with van der Waals surface area (Å²) in [5.41, 5.74) is 2.24. The fraction of sp³-hybridized carbons (Fsp3) is 0.238. The van der Waals surface area contributed by atoms with Gasteiger partial charge in [-0.25, -0.2) is 0 Å². The van der Waals surface area contributed by atoms with Crippen LogP contribution >= 0.6 is 0 Å². The number of ether oxygens (including phenoxy) is 2. The number of methoxy groups -OCH3 is 1. The van der Waals surface area contributed by atoms with Crippen molar-refractivity contribution in [3.05, 3.63) is 82.6 Å². The molecule has 0 radical (unpaired) electrons. The van der Waals surface area contributed by atoms with Crippen LogP contribution < -0.4 is 0 Å². The number of ketones is 2. The molecule has 126 valence electrons. The molecule has 0 saturated carbocycles. The van der Waals surface area contributed by atoms with E-state index in [1.165, 1.54) is 0 Å². The zero-order chi connectivity index (χ0) is 17.6. The zero-order valence-corrected chi connectivity index (χ0v) is 14.1. The molecule has 2 aromatic carbocycles. The summed E-state index contributed by atoms with van der Waals surface area (Å²) < 4.78 is 11.4. The van der Waals surface area contributed by atoms with Gasteiger partial charge in [-0.15, -0.1) is 0 Å². The molecule has 0 N–H and O–H groups in total. The Bertz CT molecular complexity index is 897. The molecule has 2 aromatic rings. The Balaban J connectivity index is 1.93. The van der Waals surface area contributed by atoms with Gasteiger partial charge in [-0.2, -0.15) is 0 Å². The lowest BCUT2D eigenvalue weighted by atomic mass is 9.75. The van der Waals surface area contributed by atoms with Gasteiger partial charge in [-0.1, -0.05) is 54.6 Å². The number of fused-ring (bicyclic) bond motifs is 1. The molecule has 1 heterocycles. The summed E-state index contributed by atoms with van der Waals surface area (Å²) in [7, 11) is 1.55. The van der Waals surface area contributed by atoms with Crippen LogP contribution in [0.3, 0.4) is 0 Å². The molecule has 0 amide bonds. The van der Waals surface area contributed by atoms with Gasteiger partial charge in [0.25, 0.3) is 0 Å². The molecular formula is C21H18O4. The van der Waals surface area contributed by atoms with Crippen LogP contribution in [0.15, 0.2) is 65.9 Å². The minimum absolute atomic E-state index is 0.119. The third kappa shape index (κ3) is 2.41.